The van der Waals surface area contributed by atoms with E-state index in [0.29, 0.717) is 12.4 Å². The van der Waals surface area contributed by atoms with Gasteiger partial charge in [-0.05, 0) is 0 Å². The molecule has 0 saturated carbocycles. The van der Waals surface area contributed by atoms with Gasteiger partial charge in [0, 0.05) is 24.2 Å². The number of nitrogens with two attached hydrogens (primary N) is 1. The summed E-state index contributed by atoms with van der Waals surface area (Å²) in [6.07, 6.45) is 8.92. The van der Waals surface area contributed by atoms with Gasteiger partial charge < -0.3 is 10.3 Å². The van der Waals surface area contributed by atoms with E-state index in [-0.39, 0.29) is 5.41 Å². The number of aromatic nitrogens is 4. The third kappa shape index (κ3) is 2.34. The van der Waals surface area contributed by atoms with E-state index in [4.69, 9.17) is 12.2 Å². The van der Waals surface area contributed by atoms with Gasteiger partial charge in [0.25, 0.3) is 0 Å². The predicted molar refractivity (Wildman–Crippen MR) is 76.4 cm³/mol. The Morgan fingerprint density at radius 2 is 2.11 bits per heavy atom. The van der Waals surface area contributed by atoms with E-state index in [1.54, 1.807) is 15.6 Å². The quantitative estimate of drug-likeness (QED) is 0.834. The maximum atomic E-state index is 6.11. The molecule has 0 spiro atoms. The van der Waals surface area contributed by atoms with Crippen LogP contribution in [0.25, 0.3) is 11.3 Å². The fourth-order valence-corrected chi connectivity index (χ4v) is 2.04. The molecule has 5 heteroatoms. The second-order valence-corrected chi connectivity index (χ2v) is 5.63. The lowest BCUT2D eigenvalue weighted by molar-refractivity contribution is 0.554. The van der Waals surface area contributed by atoms with Gasteiger partial charge in [-0.2, -0.15) is 5.10 Å². The minimum atomic E-state index is -0.0705. The first kappa shape index (κ1) is 13.2. The second kappa shape index (κ2) is 4.47. The molecule has 2 heterocycles. The van der Waals surface area contributed by atoms with Gasteiger partial charge in [-0.3, -0.25) is 4.68 Å². The molecular weight excluding hydrogens is 238 g/mol. The Hall–Kier alpha value is -2.22. The van der Waals surface area contributed by atoms with Crippen LogP contribution in [0.1, 0.15) is 26.5 Å². The zero-order chi connectivity index (χ0) is 14.2. The van der Waals surface area contributed by atoms with E-state index < -0.39 is 0 Å². The monoisotopic (exact) mass is 257 g/mol. The Morgan fingerprint density at radius 3 is 2.68 bits per heavy atom. The van der Waals surface area contributed by atoms with Gasteiger partial charge in [0.05, 0.1) is 18.6 Å². The molecule has 5 nitrogen and oxygen atoms in total. The van der Waals surface area contributed by atoms with Crippen molar-refractivity contribution in [1.82, 2.24) is 19.3 Å². The molecule has 0 aliphatic heterocycles. The van der Waals surface area contributed by atoms with Crippen molar-refractivity contribution >= 4 is 5.82 Å². The second-order valence-electron chi connectivity index (χ2n) is 5.63. The van der Waals surface area contributed by atoms with E-state index in [2.05, 4.69) is 36.8 Å². The van der Waals surface area contributed by atoms with Gasteiger partial charge in [0.1, 0.15) is 11.5 Å². The number of nitrogens with zero attached hydrogens (tertiary/aromatic N) is 4. The molecule has 0 aliphatic carbocycles. The van der Waals surface area contributed by atoms with Crippen molar-refractivity contribution in [3.8, 4) is 23.6 Å². The van der Waals surface area contributed by atoms with Crippen LogP contribution in [0.2, 0.25) is 0 Å². The highest BCUT2D eigenvalue weighted by Crippen LogP contribution is 2.33. The van der Waals surface area contributed by atoms with E-state index in [1.807, 2.05) is 13.2 Å². The third-order valence-corrected chi connectivity index (χ3v) is 2.93. The molecule has 19 heavy (non-hydrogen) atoms. The molecule has 2 aromatic rings. The van der Waals surface area contributed by atoms with Crippen molar-refractivity contribution in [2.24, 2.45) is 7.05 Å². The van der Waals surface area contributed by atoms with Crippen molar-refractivity contribution in [2.75, 3.05) is 5.73 Å². The summed E-state index contributed by atoms with van der Waals surface area (Å²) in [5, 5.41) is 4.53. The molecule has 0 saturated heterocycles. The van der Waals surface area contributed by atoms with E-state index in [0.717, 1.165) is 17.0 Å². The lowest BCUT2D eigenvalue weighted by Gasteiger charge is -2.17. The van der Waals surface area contributed by atoms with Gasteiger partial charge in [-0.1, -0.05) is 26.7 Å². The van der Waals surface area contributed by atoms with E-state index >= 15 is 0 Å². The van der Waals surface area contributed by atoms with Gasteiger partial charge >= 0.3 is 0 Å². The summed E-state index contributed by atoms with van der Waals surface area (Å²) in [7, 11) is 1.90. The molecule has 0 amide bonds. The molecule has 0 aromatic carbocycles. The molecule has 0 unspecified atom stereocenters. The van der Waals surface area contributed by atoms with Crippen molar-refractivity contribution in [3.63, 3.8) is 0 Å². The summed E-state index contributed by atoms with van der Waals surface area (Å²) in [6, 6.07) is 0. The van der Waals surface area contributed by atoms with Crippen LogP contribution in [0, 0.1) is 12.3 Å². The van der Waals surface area contributed by atoms with Gasteiger partial charge in [0.2, 0.25) is 0 Å². The molecule has 0 bridgehead atoms. The first-order valence-corrected chi connectivity index (χ1v) is 6.13. The van der Waals surface area contributed by atoms with Crippen molar-refractivity contribution in [2.45, 2.75) is 32.7 Å². The number of terminal acetylenes is 1. The van der Waals surface area contributed by atoms with E-state index in [1.165, 1.54) is 0 Å². The minimum Gasteiger partial charge on any atom is -0.383 e. The molecule has 0 atom stereocenters. The van der Waals surface area contributed by atoms with Crippen molar-refractivity contribution in [1.29, 1.82) is 0 Å². The van der Waals surface area contributed by atoms with Crippen LogP contribution in [0.3, 0.4) is 0 Å². The van der Waals surface area contributed by atoms with Crippen LogP contribution in [-0.2, 0) is 19.0 Å². The molecule has 0 radical (unpaired) electrons. The van der Waals surface area contributed by atoms with Crippen LogP contribution in [0.5, 0.6) is 0 Å². The number of hydrogen-bond acceptors (Lipinski definition) is 3. The topological polar surface area (TPSA) is 61.7 Å². The molecule has 100 valence electrons. The Morgan fingerprint density at radius 1 is 1.42 bits per heavy atom. The largest absolute Gasteiger partial charge is 0.383 e. The zero-order valence-corrected chi connectivity index (χ0v) is 11.8. The number of rotatable bonds is 2. The molecule has 0 fully saturated rings. The molecule has 2 rings (SSSR count). The fourth-order valence-electron chi connectivity index (χ4n) is 2.04. The fraction of sp³-hybridized carbons (Fsp3) is 0.429. The molecule has 2 N–H and O–H groups in total. The highest BCUT2D eigenvalue weighted by molar-refractivity contribution is 5.72. The summed E-state index contributed by atoms with van der Waals surface area (Å²) >= 11 is 0. The predicted octanol–water partition coefficient (Wildman–Crippen LogP) is 1.80. The molecule has 2 aromatic heterocycles. The van der Waals surface area contributed by atoms with Crippen molar-refractivity contribution < 1.29 is 0 Å². The van der Waals surface area contributed by atoms with Gasteiger partial charge in [-0.25, -0.2) is 4.98 Å². The number of anilines is 1. The zero-order valence-electron chi connectivity index (χ0n) is 11.8. The smallest absolute Gasteiger partial charge is 0.132 e. The highest BCUT2D eigenvalue weighted by Gasteiger charge is 2.25. The highest BCUT2D eigenvalue weighted by atomic mass is 15.3. The minimum absolute atomic E-state index is 0.0705. The number of nitrogen functional groups attached to an aromatic ring is 1. The Bertz CT molecular complexity index is 634. The SMILES string of the molecule is C#CCn1cnc(-c2cn(C)nc2C(C)(C)C)c1N. The Kier molecular flexibility index (Phi) is 3.11. The lowest BCUT2D eigenvalue weighted by Crippen LogP contribution is -2.14. The van der Waals surface area contributed by atoms with Crippen molar-refractivity contribution in [3.05, 3.63) is 18.2 Å². The summed E-state index contributed by atoms with van der Waals surface area (Å²) in [5.74, 6) is 3.14. The van der Waals surface area contributed by atoms with Gasteiger partial charge in [0.15, 0.2) is 0 Å². The van der Waals surface area contributed by atoms with Gasteiger partial charge in [-0.15, -0.1) is 6.42 Å². The standard InChI is InChI=1S/C14H19N5/c1-6-7-19-9-16-11(13(19)15)10-8-18(5)17-12(10)14(2,3)4/h1,8-9H,7,15H2,2-5H3. The maximum absolute atomic E-state index is 6.11. The van der Waals surface area contributed by atoms with Crippen LogP contribution in [-0.4, -0.2) is 19.3 Å². The number of aryl methyl sites for hydroxylation is 1. The number of hydrogen-bond donors (Lipinski definition) is 1. The summed E-state index contributed by atoms with van der Waals surface area (Å²) < 4.78 is 3.55. The first-order chi connectivity index (χ1) is 8.84. The summed E-state index contributed by atoms with van der Waals surface area (Å²) in [5.41, 5.74) is 8.72. The molecular formula is C14H19N5. The maximum Gasteiger partial charge on any atom is 0.132 e. The number of imidazole rings is 1. The Balaban J connectivity index is 2.57. The van der Waals surface area contributed by atoms with Crippen LogP contribution < -0.4 is 5.73 Å². The summed E-state index contributed by atoms with van der Waals surface area (Å²) in [4.78, 5) is 4.38. The third-order valence-electron chi connectivity index (χ3n) is 2.93. The van der Waals surface area contributed by atoms with Crippen LogP contribution in [0.15, 0.2) is 12.5 Å². The molecule has 0 aliphatic rings. The average molecular weight is 257 g/mol. The lowest BCUT2D eigenvalue weighted by atomic mass is 9.89. The van der Waals surface area contributed by atoms with E-state index in [9.17, 15) is 0 Å². The average Bonchev–Trinajstić information content (AvgIpc) is 2.84. The normalized spacial score (nSPS) is 11.5. The van der Waals surface area contributed by atoms with Crippen LogP contribution in [0.4, 0.5) is 5.82 Å². The van der Waals surface area contributed by atoms with Crippen LogP contribution >= 0.6 is 0 Å². The summed E-state index contributed by atoms with van der Waals surface area (Å²) in [6.45, 7) is 6.78. The first-order valence-electron chi connectivity index (χ1n) is 6.13. The Labute approximate surface area is 113 Å².